The van der Waals surface area contributed by atoms with Crippen LogP contribution in [-0.2, 0) is 6.54 Å². The van der Waals surface area contributed by atoms with Crippen LogP contribution in [0.3, 0.4) is 0 Å². The van der Waals surface area contributed by atoms with E-state index in [0.717, 1.165) is 31.7 Å². The first-order valence-electron chi connectivity index (χ1n) is 10.3. The Bertz CT molecular complexity index is 843. The monoisotopic (exact) mass is 416 g/mol. The molecule has 3 heterocycles. The van der Waals surface area contributed by atoms with Gasteiger partial charge in [0.1, 0.15) is 11.6 Å². The van der Waals surface area contributed by atoms with Crippen molar-refractivity contribution in [3.63, 3.8) is 0 Å². The molecule has 1 amide bonds. The van der Waals surface area contributed by atoms with Crippen LogP contribution < -0.4 is 4.90 Å². The van der Waals surface area contributed by atoms with Crippen LogP contribution >= 0.6 is 11.6 Å². The van der Waals surface area contributed by atoms with Gasteiger partial charge in [-0.05, 0) is 43.5 Å². The molecule has 0 bridgehead atoms. The smallest absolute Gasteiger partial charge is 0.257 e. The summed E-state index contributed by atoms with van der Waals surface area (Å²) in [5.41, 5.74) is 1.20. The van der Waals surface area contributed by atoms with Gasteiger partial charge in [0.25, 0.3) is 5.91 Å². The number of pyridine rings is 1. The van der Waals surface area contributed by atoms with Crippen molar-refractivity contribution < 1.29 is 9.18 Å². The van der Waals surface area contributed by atoms with Crippen molar-refractivity contribution in [2.45, 2.75) is 25.8 Å². The first-order chi connectivity index (χ1) is 14.1. The largest absolute Gasteiger partial charge is 0.356 e. The number of carbonyl (C=O) groups is 1. The molecule has 2 fully saturated rings. The summed E-state index contributed by atoms with van der Waals surface area (Å²) in [6, 6.07) is 8.48. The number of rotatable bonds is 4. The minimum absolute atomic E-state index is 0.0299. The maximum absolute atomic E-state index is 14.1. The normalized spacial score (nSPS) is 18.1. The summed E-state index contributed by atoms with van der Waals surface area (Å²) in [5.74, 6) is 0.553. The topological polar surface area (TPSA) is 39.7 Å². The Kier molecular flexibility index (Phi) is 6.31. The third-order valence-corrected chi connectivity index (χ3v) is 6.13. The van der Waals surface area contributed by atoms with Crippen molar-refractivity contribution in [3.8, 4) is 0 Å². The highest BCUT2D eigenvalue weighted by atomic mass is 35.5. The van der Waals surface area contributed by atoms with Crippen LogP contribution in [0.4, 0.5) is 10.2 Å². The summed E-state index contributed by atoms with van der Waals surface area (Å²) >= 11 is 6.16. The Labute approximate surface area is 176 Å². The van der Waals surface area contributed by atoms with Crippen LogP contribution in [0.1, 0.15) is 35.2 Å². The predicted molar refractivity (Wildman–Crippen MR) is 113 cm³/mol. The zero-order valence-corrected chi connectivity index (χ0v) is 17.2. The van der Waals surface area contributed by atoms with Crippen molar-refractivity contribution in [3.05, 3.63) is 58.5 Å². The Morgan fingerprint density at radius 3 is 2.48 bits per heavy atom. The van der Waals surface area contributed by atoms with Crippen molar-refractivity contribution >= 4 is 23.3 Å². The molecule has 2 aromatic rings. The zero-order valence-electron chi connectivity index (χ0n) is 16.5. The SMILES string of the molecule is O=C(c1cccnc1N1CCCCC1)N1CCN(Cc2c(F)cccc2Cl)CC1. The Morgan fingerprint density at radius 1 is 1.00 bits per heavy atom. The van der Waals surface area contributed by atoms with Crippen LogP contribution in [0, 0.1) is 5.82 Å². The van der Waals surface area contributed by atoms with Gasteiger partial charge in [0.05, 0.1) is 5.56 Å². The zero-order chi connectivity index (χ0) is 20.2. The first kappa shape index (κ1) is 20.1. The minimum Gasteiger partial charge on any atom is -0.356 e. The summed E-state index contributed by atoms with van der Waals surface area (Å²) in [6.45, 7) is 4.96. The van der Waals surface area contributed by atoms with Gasteiger partial charge in [-0.2, -0.15) is 0 Å². The Hall–Kier alpha value is -2.18. The fraction of sp³-hybridized carbons (Fsp3) is 0.455. The third-order valence-electron chi connectivity index (χ3n) is 5.78. The molecule has 0 atom stereocenters. The second-order valence-corrected chi connectivity index (χ2v) is 8.10. The molecular formula is C22H26ClFN4O. The van der Waals surface area contributed by atoms with Gasteiger partial charge in [-0.15, -0.1) is 0 Å². The maximum Gasteiger partial charge on any atom is 0.257 e. The Balaban J connectivity index is 1.41. The Morgan fingerprint density at radius 2 is 1.76 bits per heavy atom. The second kappa shape index (κ2) is 9.09. The fourth-order valence-corrected chi connectivity index (χ4v) is 4.33. The van der Waals surface area contributed by atoms with E-state index in [1.165, 1.54) is 12.5 Å². The number of halogens is 2. The fourth-order valence-electron chi connectivity index (χ4n) is 4.11. The molecular weight excluding hydrogens is 391 g/mol. The summed E-state index contributed by atoms with van der Waals surface area (Å²) in [5, 5.41) is 0.449. The molecule has 1 aromatic carbocycles. The number of nitrogens with zero attached hydrogens (tertiary/aromatic N) is 4. The van der Waals surface area contributed by atoms with Crippen LogP contribution in [-0.4, -0.2) is 60.0 Å². The molecule has 0 aliphatic carbocycles. The highest BCUT2D eigenvalue weighted by molar-refractivity contribution is 6.31. The number of anilines is 1. The van der Waals surface area contributed by atoms with E-state index < -0.39 is 0 Å². The van der Waals surface area contributed by atoms with E-state index in [-0.39, 0.29) is 11.7 Å². The number of amides is 1. The molecule has 4 rings (SSSR count). The van der Waals surface area contributed by atoms with Gasteiger partial charge in [0.15, 0.2) is 0 Å². The molecule has 5 nitrogen and oxygen atoms in total. The molecule has 0 N–H and O–H groups in total. The average Bonchev–Trinajstić information content (AvgIpc) is 2.77. The number of hydrogen-bond acceptors (Lipinski definition) is 4. The maximum atomic E-state index is 14.1. The van der Waals surface area contributed by atoms with Crippen molar-refractivity contribution in [1.29, 1.82) is 0 Å². The van der Waals surface area contributed by atoms with E-state index in [0.29, 0.717) is 48.9 Å². The molecule has 2 aliphatic rings. The van der Waals surface area contributed by atoms with Gasteiger partial charge in [-0.1, -0.05) is 17.7 Å². The highest BCUT2D eigenvalue weighted by Gasteiger charge is 2.27. The molecule has 2 saturated heterocycles. The number of piperazine rings is 1. The van der Waals surface area contributed by atoms with Crippen LogP contribution in [0.15, 0.2) is 36.5 Å². The van der Waals surface area contributed by atoms with Gasteiger partial charge >= 0.3 is 0 Å². The molecule has 154 valence electrons. The summed E-state index contributed by atoms with van der Waals surface area (Å²) < 4.78 is 14.1. The van der Waals surface area contributed by atoms with E-state index in [1.54, 1.807) is 18.3 Å². The van der Waals surface area contributed by atoms with Gasteiger partial charge in [-0.25, -0.2) is 9.37 Å². The van der Waals surface area contributed by atoms with E-state index >= 15 is 0 Å². The van der Waals surface area contributed by atoms with Gasteiger partial charge < -0.3 is 9.80 Å². The number of piperidine rings is 1. The molecule has 0 spiro atoms. The molecule has 7 heteroatoms. The number of benzene rings is 1. The third kappa shape index (κ3) is 4.54. The minimum atomic E-state index is -0.280. The van der Waals surface area contributed by atoms with Gasteiger partial charge in [-0.3, -0.25) is 9.69 Å². The summed E-state index contributed by atoms with van der Waals surface area (Å²) in [4.78, 5) is 24.0. The summed E-state index contributed by atoms with van der Waals surface area (Å²) in [7, 11) is 0. The molecule has 0 saturated carbocycles. The van der Waals surface area contributed by atoms with E-state index in [2.05, 4.69) is 14.8 Å². The van der Waals surface area contributed by atoms with Crippen LogP contribution in [0.5, 0.6) is 0 Å². The highest BCUT2D eigenvalue weighted by Crippen LogP contribution is 2.24. The lowest BCUT2D eigenvalue weighted by atomic mass is 10.1. The average molecular weight is 417 g/mol. The van der Waals surface area contributed by atoms with Gasteiger partial charge in [0.2, 0.25) is 0 Å². The van der Waals surface area contributed by atoms with E-state index in [9.17, 15) is 9.18 Å². The van der Waals surface area contributed by atoms with Crippen molar-refractivity contribution in [1.82, 2.24) is 14.8 Å². The van der Waals surface area contributed by atoms with Crippen LogP contribution in [0.25, 0.3) is 0 Å². The summed E-state index contributed by atoms with van der Waals surface area (Å²) in [6.07, 6.45) is 5.28. The lowest BCUT2D eigenvalue weighted by molar-refractivity contribution is 0.0627. The number of aromatic nitrogens is 1. The number of carbonyl (C=O) groups excluding carboxylic acids is 1. The molecule has 29 heavy (non-hydrogen) atoms. The molecule has 0 radical (unpaired) electrons. The van der Waals surface area contributed by atoms with Crippen LogP contribution in [0.2, 0.25) is 5.02 Å². The standard InChI is InChI=1S/C22H26ClFN4O/c23-19-7-4-8-20(24)18(19)16-26-12-14-28(15-13-26)22(29)17-6-5-9-25-21(17)27-10-2-1-3-11-27/h4-9H,1-3,10-16H2. The molecule has 1 aromatic heterocycles. The van der Waals surface area contributed by atoms with Gasteiger partial charge in [0, 0.05) is 62.6 Å². The molecule has 2 aliphatic heterocycles. The quantitative estimate of drug-likeness (QED) is 0.759. The molecule has 0 unspecified atom stereocenters. The first-order valence-corrected chi connectivity index (χ1v) is 10.7. The second-order valence-electron chi connectivity index (χ2n) is 7.69. The number of hydrogen-bond donors (Lipinski definition) is 0. The van der Waals surface area contributed by atoms with E-state index in [4.69, 9.17) is 11.6 Å². The lowest BCUT2D eigenvalue weighted by Gasteiger charge is -2.36. The van der Waals surface area contributed by atoms with Crippen molar-refractivity contribution in [2.24, 2.45) is 0 Å². The lowest BCUT2D eigenvalue weighted by Crippen LogP contribution is -2.48. The van der Waals surface area contributed by atoms with Crippen molar-refractivity contribution in [2.75, 3.05) is 44.2 Å². The van der Waals surface area contributed by atoms with E-state index in [1.807, 2.05) is 17.0 Å². The predicted octanol–water partition coefficient (Wildman–Crippen LogP) is 3.82.